The number of carbonyl (C=O) groups is 1. The molecular weight excluding hydrogens is 274 g/mol. The molecule has 2 N–H and O–H groups in total. The van der Waals surface area contributed by atoms with Gasteiger partial charge in [0.15, 0.2) is 6.54 Å². The fourth-order valence-corrected chi connectivity index (χ4v) is 2.93. The molecule has 1 aromatic rings. The van der Waals surface area contributed by atoms with Crippen LogP contribution in [0.3, 0.4) is 0 Å². The molecule has 1 heterocycles. The summed E-state index contributed by atoms with van der Waals surface area (Å²) in [6.07, 6.45) is 0. The van der Waals surface area contributed by atoms with Crippen molar-refractivity contribution in [1.29, 1.82) is 0 Å². The van der Waals surface area contributed by atoms with Gasteiger partial charge in [-0.25, -0.2) is 0 Å². The first-order valence-corrected chi connectivity index (χ1v) is 8.38. The molecule has 1 fully saturated rings. The molecule has 0 spiro atoms. The molecule has 4 heteroatoms. The van der Waals surface area contributed by atoms with Crippen molar-refractivity contribution in [3.8, 4) is 0 Å². The number of nitrogens with zero attached hydrogens (tertiary/aromatic N) is 1. The van der Waals surface area contributed by atoms with Gasteiger partial charge in [0.1, 0.15) is 0 Å². The van der Waals surface area contributed by atoms with E-state index >= 15 is 0 Å². The van der Waals surface area contributed by atoms with Crippen LogP contribution in [0.25, 0.3) is 0 Å². The molecule has 1 aromatic carbocycles. The molecule has 0 saturated carbocycles. The number of anilines is 1. The van der Waals surface area contributed by atoms with Crippen molar-refractivity contribution in [2.45, 2.75) is 27.7 Å². The monoisotopic (exact) mass is 304 g/mol. The maximum Gasteiger partial charge on any atom is 0.275 e. The zero-order chi connectivity index (χ0) is 16.1. The van der Waals surface area contributed by atoms with Crippen LogP contribution in [-0.4, -0.2) is 45.2 Å². The summed E-state index contributed by atoms with van der Waals surface area (Å²) in [5.41, 5.74) is 4.07. The Hall–Kier alpha value is -1.55. The van der Waals surface area contributed by atoms with E-state index in [2.05, 4.69) is 56.1 Å². The average Bonchev–Trinajstić information content (AvgIpc) is 2.49. The molecule has 0 aliphatic carbocycles. The van der Waals surface area contributed by atoms with E-state index in [4.69, 9.17) is 0 Å². The largest absolute Gasteiger partial charge is 0.360 e. The van der Waals surface area contributed by atoms with Crippen molar-refractivity contribution in [2.75, 3.05) is 44.2 Å². The smallest absolute Gasteiger partial charge is 0.275 e. The second-order valence-corrected chi connectivity index (χ2v) is 6.83. The van der Waals surface area contributed by atoms with E-state index in [1.807, 2.05) is 0 Å². The second-order valence-electron chi connectivity index (χ2n) is 6.83. The maximum atomic E-state index is 11.9. The molecule has 2 rings (SSSR count). The number of hydrogen-bond donors (Lipinski definition) is 2. The normalized spacial score (nSPS) is 16.1. The van der Waals surface area contributed by atoms with E-state index in [0.717, 1.165) is 32.7 Å². The van der Waals surface area contributed by atoms with Crippen LogP contribution in [0.15, 0.2) is 18.2 Å². The molecule has 22 heavy (non-hydrogen) atoms. The van der Waals surface area contributed by atoms with Gasteiger partial charge in [0.2, 0.25) is 0 Å². The Bertz CT molecular complexity index is 505. The third kappa shape index (κ3) is 4.47. The number of nitrogens with one attached hydrogen (secondary N) is 2. The lowest BCUT2D eigenvalue weighted by Crippen LogP contribution is -3.16. The van der Waals surface area contributed by atoms with Gasteiger partial charge in [-0.15, -0.1) is 0 Å². The van der Waals surface area contributed by atoms with Crippen LogP contribution in [0.5, 0.6) is 0 Å². The summed E-state index contributed by atoms with van der Waals surface area (Å²) in [6.45, 7) is 14.1. The van der Waals surface area contributed by atoms with Gasteiger partial charge in [0, 0.05) is 12.2 Å². The van der Waals surface area contributed by atoms with E-state index in [-0.39, 0.29) is 5.91 Å². The minimum atomic E-state index is 0.184. The number of rotatable bonds is 5. The minimum absolute atomic E-state index is 0.184. The Morgan fingerprint density at radius 3 is 2.59 bits per heavy atom. The lowest BCUT2D eigenvalue weighted by Gasteiger charge is -2.34. The molecule has 0 aromatic heterocycles. The van der Waals surface area contributed by atoms with Gasteiger partial charge in [0.25, 0.3) is 5.91 Å². The second kappa shape index (κ2) is 7.63. The van der Waals surface area contributed by atoms with Crippen LogP contribution in [-0.2, 0) is 4.79 Å². The van der Waals surface area contributed by atoms with Crippen LogP contribution in [0.4, 0.5) is 5.69 Å². The summed E-state index contributed by atoms with van der Waals surface area (Å²) in [4.78, 5) is 15.8. The number of amides is 1. The molecule has 122 valence electrons. The molecular formula is C18H30N3O+. The third-order valence-corrected chi connectivity index (χ3v) is 4.51. The summed E-state index contributed by atoms with van der Waals surface area (Å²) >= 11 is 0. The first kappa shape index (κ1) is 16.8. The quantitative estimate of drug-likeness (QED) is 0.843. The van der Waals surface area contributed by atoms with E-state index in [1.54, 1.807) is 0 Å². The molecule has 1 amide bonds. The first-order valence-electron chi connectivity index (χ1n) is 8.38. The highest BCUT2D eigenvalue weighted by Gasteiger charge is 2.23. The summed E-state index contributed by atoms with van der Waals surface area (Å²) in [5.74, 6) is 0.698. The van der Waals surface area contributed by atoms with E-state index in [0.29, 0.717) is 12.5 Å². The van der Waals surface area contributed by atoms with E-state index in [9.17, 15) is 4.79 Å². The van der Waals surface area contributed by atoms with Gasteiger partial charge in [-0.3, -0.25) is 4.79 Å². The fraction of sp³-hybridized carbons (Fsp3) is 0.611. The number of piperazine rings is 1. The predicted molar refractivity (Wildman–Crippen MR) is 91.5 cm³/mol. The van der Waals surface area contributed by atoms with E-state index < -0.39 is 0 Å². The minimum Gasteiger partial charge on any atom is -0.360 e. The van der Waals surface area contributed by atoms with Crippen molar-refractivity contribution in [3.63, 3.8) is 0 Å². The van der Waals surface area contributed by atoms with Gasteiger partial charge in [-0.2, -0.15) is 0 Å². The third-order valence-electron chi connectivity index (χ3n) is 4.51. The molecule has 0 radical (unpaired) electrons. The van der Waals surface area contributed by atoms with Crippen LogP contribution in [0, 0.1) is 19.8 Å². The number of hydrogen-bond acceptors (Lipinski definition) is 2. The van der Waals surface area contributed by atoms with Gasteiger partial charge in [0.05, 0.1) is 26.2 Å². The summed E-state index contributed by atoms with van der Waals surface area (Å²) in [5, 5.41) is 3.02. The number of benzene rings is 1. The summed E-state index contributed by atoms with van der Waals surface area (Å²) < 4.78 is 0. The number of quaternary nitrogens is 1. The maximum absolute atomic E-state index is 11.9. The first-order chi connectivity index (χ1) is 10.5. The predicted octanol–water partition coefficient (Wildman–Crippen LogP) is 0.781. The Labute approximate surface area is 134 Å². The Balaban J connectivity index is 1.83. The van der Waals surface area contributed by atoms with Crippen molar-refractivity contribution in [3.05, 3.63) is 29.3 Å². The zero-order valence-electron chi connectivity index (χ0n) is 14.4. The lowest BCUT2D eigenvalue weighted by atomic mass is 10.1. The van der Waals surface area contributed by atoms with Crippen LogP contribution >= 0.6 is 0 Å². The van der Waals surface area contributed by atoms with Crippen LogP contribution in [0.1, 0.15) is 25.0 Å². The highest BCUT2D eigenvalue weighted by Crippen LogP contribution is 2.22. The number of aryl methyl sites for hydroxylation is 1. The molecule has 1 saturated heterocycles. The molecule has 1 aliphatic rings. The highest BCUT2D eigenvalue weighted by molar-refractivity contribution is 5.76. The van der Waals surface area contributed by atoms with Crippen molar-refractivity contribution < 1.29 is 9.69 Å². The topological polar surface area (TPSA) is 36.8 Å². The summed E-state index contributed by atoms with van der Waals surface area (Å²) in [6, 6.07) is 6.51. The SMILES string of the molecule is Cc1cccc(N2CC[NH+](CC(=O)NCC(C)C)CC2)c1C. The molecule has 0 unspecified atom stereocenters. The van der Waals surface area contributed by atoms with Gasteiger partial charge < -0.3 is 15.1 Å². The van der Waals surface area contributed by atoms with Gasteiger partial charge >= 0.3 is 0 Å². The molecule has 0 bridgehead atoms. The average molecular weight is 304 g/mol. The van der Waals surface area contributed by atoms with Crippen molar-refractivity contribution in [2.24, 2.45) is 5.92 Å². The van der Waals surface area contributed by atoms with E-state index in [1.165, 1.54) is 21.7 Å². The highest BCUT2D eigenvalue weighted by atomic mass is 16.2. The Kier molecular flexibility index (Phi) is 5.83. The Morgan fingerprint density at radius 2 is 1.95 bits per heavy atom. The van der Waals surface area contributed by atoms with Gasteiger partial charge in [-0.05, 0) is 37.0 Å². The van der Waals surface area contributed by atoms with Crippen molar-refractivity contribution in [1.82, 2.24) is 5.32 Å². The molecule has 1 aliphatic heterocycles. The number of carbonyl (C=O) groups excluding carboxylic acids is 1. The lowest BCUT2D eigenvalue weighted by molar-refractivity contribution is -0.892. The molecule has 4 nitrogen and oxygen atoms in total. The van der Waals surface area contributed by atoms with Gasteiger partial charge in [-0.1, -0.05) is 26.0 Å². The zero-order valence-corrected chi connectivity index (χ0v) is 14.4. The standard InChI is InChI=1S/C18H29N3O/c1-14(2)12-19-18(22)13-20-8-10-21(11-9-20)17-7-5-6-15(3)16(17)4/h5-7,14H,8-13H2,1-4H3,(H,19,22)/p+1. The van der Waals surface area contributed by atoms with Crippen LogP contribution in [0.2, 0.25) is 0 Å². The van der Waals surface area contributed by atoms with Crippen LogP contribution < -0.4 is 15.1 Å². The summed E-state index contributed by atoms with van der Waals surface area (Å²) in [7, 11) is 0. The Morgan fingerprint density at radius 1 is 1.27 bits per heavy atom. The molecule has 0 atom stereocenters. The van der Waals surface area contributed by atoms with Crippen molar-refractivity contribution >= 4 is 11.6 Å². The fourth-order valence-electron chi connectivity index (χ4n) is 2.93.